The van der Waals surface area contributed by atoms with E-state index in [4.69, 9.17) is 9.47 Å². The second-order valence-electron chi connectivity index (χ2n) is 13.8. The lowest BCUT2D eigenvalue weighted by molar-refractivity contribution is -0.166. The number of aromatic nitrogens is 2. The van der Waals surface area contributed by atoms with Crippen LogP contribution in [0, 0.1) is 5.41 Å². The molecule has 0 bridgehead atoms. The van der Waals surface area contributed by atoms with Crippen LogP contribution >= 0.6 is 0 Å². The van der Waals surface area contributed by atoms with Gasteiger partial charge in [0.1, 0.15) is 0 Å². The van der Waals surface area contributed by atoms with Crippen LogP contribution in [-0.2, 0) is 31.1 Å². The van der Waals surface area contributed by atoms with Crippen LogP contribution < -0.4 is 10.6 Å². The molecule has 2 aromatic rings. The largest absolute Gasteiger partial charge is 0.438 e. The lowest BCUT2D eigenvalue weighted by Gasteiger charge is -2.48. The molecule has 1 aromatic heterocycles. The molecule has 1 saturated carbocycles. The summed E-state index contributed by atoms with van der Waals surface area (Å²) in [6.07, 6.45) is 2.90. The number of amides is 3. The highest BCUT2D eigenvalue weighted by molar-refractivity contribution is 6.83. The van der Waals surface area contributed by atoms with Gasteiger partial charge in [-0.15, -0.1) is 0 Å². The fourth-order valence-corrected chi connectivity index (χ4v) is 8.23. The number of ether oxygens (including phenoxy) is 2. The molecular formula is C30H45N5O5Si. The van der Waals surface area contributed by atoms with Crippen LogP contribution in [0.15, 0.2) is 30.3 Å². The first-order valence-corrected chi connectivity index (χ1v) is 17.9. The number of hydrogen-bond donors (Lipinski definition) is 3. The Balaban J connectivity index is 1.46. The molecule has 1 aromatic carbocycles. The van der Waals surface area contributed by atoms with E-state index in [0.717, 1.165) is 36.1 Å². The molecule has 1 fully saturated rings. The lowest BCUT2D eigenvalue weighted by atomic mass is 9.83. The van der Waals surface area contributed by atoms with E-state index in [0.29, 0.717) is 12.4 Å². The first-order chi connectivity index (χ1) is 19.1. The normalized spacial score (nSPS) is 18.2. The summed E-state index contributed by atoms with van der Waals surface area (Å²) < 4.78 is 10.9. The maximum atomic E-state index is 13.7. The smallest absolute Gasteiger partial charge is 0.319 e. The molecule has 3 amide bonds. The molecule has 1 aliphatic carbocycles. The van der Waals surface area contributed by atoms with Gasteiger partial charge in [-0.2, -0.15) is 5.10 Å². The van der Waals surface area contributed by atoms with Crippen molar-refractivity contribution in [3.63, 3.8) is 0 Å². The average molecular weight is 584 g/mol. The quantitative estimate of drug-likeness (QED) is 0.151. The number of fused-ring (bicyclic) bond motifs is 1. The highest BCUT2D eigenvalue weighted by Crippen LogP contribution is 2.56. The molecule has 4 rings (SSSR count). The van der Waals surface area contributed by atoms with Crippen LogP contribution in [0.4, 0.5) is 10.6 Å². The minimum absolute atomic E-state index is 0.0476. The summed E-state index contributed by atoms with van der Waals surface area (Å²) in [5, 5.41) is 13.5. The predicted molar refractivity (Wildman–Crippen MR) is 160 cm³/mol. The first kappa shape index (κ1) is 30.8. The minimum Gasteiger partial charge on any atom is -0.438 e. The van der Waals surface area contributed by atoms with Crippen molar-refractivity contribution in [2.24, 2.45) is 5.41 Å². The Morgan fingerprint density at radius 1 is 1.12 bits per heavy atom. The Kier molecular flexibility index (Phi) is 8.44. The number of hydrogen-bond acceptors (Lipinski definition) is 6. The number of carbonyl (C=O) groups is 3. The topological polar surface area (TPSA) is 126 Å². The van der Waals surface area contributed by atoms with Gasteiger partial charge in [-0.05, 0) is 53.0 Å². The summed E-state index contributed by atoms with van der Waals surface area (Å²) in [4.78, 5) is 41.0. The fourth-order valence-electron chi connectivity index (χ4n) is 5.63. The summed E-state index contributed by atoms with van der Waals surface area (Å²) in [6, 6.07) is 8.78. The van der Waals surface area contributed by atoms with Gasteiger partial charge in [0.2, 0.25) is 5.91 Å². The van der Waals surface area contributed by atoms with Crippen molar-refractivity contribution in [3.05, 3.63) is 47.2 Å². The van der Waals surface area contributed by atoms with Crippen molar-refractivity contribution in [2.75, 3.05) is 18.7 Å². The Morgan fingerprint density at radius 3 is 2.34 bits per heavy atom. The third kappa shape index (κ3) is 6.06. The number of urea groups is 1. The van der Waals surface area contributed by atoms with Gasteiger partial charge in [0, 0.05) is 10.6 Å². The maximum absolute atomic E-state index is 13.7. The van der Waals surface area contributed by atoms with Gasteiger partial charge in [-0.1, -0.05) is 56.4 Å². The molecule has 0 radical (unpaired) electrons. The van der Waals surface area contributed by atoms with E-state index in [1.54, 1.807) is 25.7 Å². The fraction of sp³-hybridized carbons (Fsp3) is 0.600. The molecule has 0 spiro atoms. The van der Waals surface area contributed by atoms with E-state index in [-0.39, 0.29) is 36.3 Å². The first-order valence-electron chi connectivity index (χ1n) is 14.4. The van der Waals surface area contributed by atoms with E-state index in [1.165, 1.54) is 0 Å². The van der Waals surface area contributed by atoms with Crippen molar-refractivity contribution in [1.82, 2.24) is 20.4 Å². The Morgan fingerprint density at radius 2 is 1.78 bits per heavy atom. The number of H-pyrrole nitrogens is 1. The second-order valence-corrected chi connectivity index (χ2v) is 19.3. The summed E-state index contributed by atoms with van der Waals surface area (Å²) >= 11 is 0. The van der Waals surface area contributed by atoms with Gasteiger partial charge in [0.15, 0.2) is 12.6 Å². The number of nitrogens with zero attached hydrogens (tertiary/aromatic N) is 2. The molecule has 3 N–H and O–H groups in total. The van der Waals surface area contributed by atoms with E-state index in [2.05, 4.69) is 40.5 Å². The Hall–Kier alpha value is -3.18. The lowest BCUT2D eigenvalue weighted by Crippen LogP contribution is -2.52. The summed E-state index contributed by atoms with van der Waals surface area (Å²) in [5.74, 6) is 0.190. The molecule has 1 aliphatic heterocycles. The van der Waals surface area contributed by atoms with Gasteiger partial charge in [0.05, 0.1) is 43.9 Å². The molecular weight excluding hydrogens is 538 g/mol. The average Bonchev–Trinajstić information content (AvgIpc) is 3.36. The van der Waals surface area contributed by atoms with Crippen molar-refractivity contribution >= 4 is 31.8 Å². The van der Waals surface area contributed by atoms with Crippen LogP contribution in [0.3, 0.4) is 0 Å². The zero-order valence-corrected chi connectivity index (χ0v) is 26.6. The number of esters is 1. The molecule has 1 unspecified atom stereocenters. The number of aromatic amines is 1. The third-order valence-corrected chi connectivity index (χ3v) is 12.3. The number of anilines is 1. The standard InChI is InChI=1S/C30H45N5O5Si/c1-28(2,3)26(37)40-19-39-18-22(20-13-10-9-11-14-20)31-27(38)35-17-21-23(29(35,4)5)33-34-24(21)32-25(36)30(15-12-16-30)41(6,7)8/h9-11,13-14,22H,12,15-19H2,1-8H3,(H,31,38)(H2,32,33,34,36). The summed E-state index contributed by atoms with van der Waals surface area (Å²) in [7, 11) is -1.75. The van der Waals surface area contributed by atoms with Crippen molar-refractivity contribution in [1.29, 1.82) is 0 Å². The summed E-state index contributed by atoms with van der Waals surface area (Å²) in [6.45, 7) is 16.2. The van der Waals surface area contributed by atoms with E-state index >= 15 is 0 Å². The zero-order chi connectivity index (χ0) is 30.2. The van der Waals surface area contributed by atoms with Gasteiger partial charge < -0.3 is 25.0 Å². The van der Waals surface area contributed by atoms with Crippen LogP contribution in [0.5, 0.6) is 0 Å². The third-order valence-electron chi connectivity index (χ3n) is 8.69. The monoisotopic (exact) mass is 583 g/mol. The molecule has 0 saturated heterocycles. The number of benzene rings is 1. The predicted octanol–water partition coefficient (Wildman–Crippen LogP) is 5.68. The minimum atomic E-state index is -1.75. The SMILES string of the molecule is CC(C)(C)C(=O)OCOCC(NC(=O)N1Cc2c(NC(=O)C3([Si](C)(C)C)CCC3)n[nH]c2C1(C)C)c1ccccc1. The molecule has 2 aliphatic rings. The van der Waals surface area contributed by atoms with Crippen LogP contribution in [-0.4, -0.2) is 54.5 Å². The van der Waals surface area contributed by atoms with Crippen molar-refractivity contribution < 1.29 is 23.9 Å². The Labute approximate surface area is 243 Å². The zero-order valence-electron chi connectivity index (χ0n) is 25.6. The van der Waals surface area contributed by atoms with Crippen LogP contribution in [0.2, 0.25) is 24.7 Å². The number of carbonyl (C=O) groups excluding carboxylic acids is 3. The highest BCUT2D eigenvalue weighted by Gasteiger charge is 2.54. The van der Waals surface area contributed by atoms with Gasteiger partial charge in [-0.3, -0.25) is 14.7 Å². The molecule has 11 heteroatoms. The van der Waals surface area contributed by atoms with Crippen LogP contribution in [0.1, 0.15) is 76.7 Å². The number of rotatable bonds is 9. The molecule has 1 atom stereocenters. The van der Waals surface area contributed by atoms with Crippen molar-refractivity contribution in [3.8, 4) is 0 Å². The van der Waals surface area contributed by atoms with E-state index in [9.17, 15) is 14.4 Å². The van der Waals surface area contributed by atoms with E-state index in [1.807, 2.05) is 44.2 Å². The van der Waals surface area contributed by atoms with Crippen molar-refractivity contribution in [2.45, 2.75) is 96.7 Å². The molecule has 10 nitrogen and oxygen atoms in total. The second kappa shape index (κ2) is 11.2. The van der Waals surface area contributed by atoms with Gasteiger partial charge in [-0.25, -0.2) is 4.79 Å². The maximum Gasteiger partial charge on any atom is 0.319 e. The van der Waals surface area contributed by atoms with E-state index < -0.39 is 25.1 Å². The molecule has 224 valence electrons. The molecule has 41 heavy (non-hydrogen) atoms. The van der Waals surface area contributed by atoms with Gasteiger partial charge in [0.25, 0.3) is 0 Å². The Bertz CT molecular complexity index is 1270. The number of nitrogens with one attached hydrogen (secondary N) is 3. The summed E-state index contributed by atoms with van der Waals surface area (Å²) in [5.41, 5.74) is 1.18. The van der Waals surface area contributed by atoms with Gasteiger partial charge >= 0.3 is 12.0 Å². The molecule has 2 heterocycles. The highest BCUT2D eigenvalue weighted by atomic mass is 28.3. The van der Waals surface area contributed by atoms with Crippen LogP contribution in [0.25, 0.3) is 0 Å².